The molecule has 0 atom stereocenters. The Hall–Kier alpha value is -3.86. The first-order valence-electron chi connectivity index (χ1n) is 10.2. The first-order valence-corrected chi connectivity index (χ1v) is 10.2. The lowest BCUT2D eigenvalue weighted by Crippen LogP contribution is -2.16. The molecule has 0 aromatic heterocycles. The highest BCUT2D eigenvalue weighted by Gasteiger charge is 2.17. The fourth-order valence-electron chi connectivity index (χ4n) is 3.94. The summed E-state index contributed by atoms with van der Waals surface area (Å²) < 4.78 is 0. The minimum Gasteiger partial charge on any atom is -0.366 e. The van der Waals surface area contributed by atoms with Crippen molar-refractivity contribution in [1.82, 2.24) is 0 Å². The van der Waals surface area contributed by atoms with Crippen LogP contribution in [0.5, 0.6) is 0 Å². The van der Waals surface area contributed by atoms with Gasteiger partial charge >= 0.3 is 0 Å². The molecule has 162 valence electrons. The topological polar surface area (TPSA) is 94.3 Å². The highest BCUT2D eigenvalue weighted by atomic mass is 16.1. The van der Waals surface area contributed by atoms with Crippen LogP contribution in [-0.4, -0.2) is 23.3 Å². The van der Waals surface area contributed by atoms with Crippen LogP contribution in [0.15, 0.2) is 48.5 Å². The number of aryl methyl sites for hydroxylation is 2. The zero-order chi connectivity index (χ0) is 23.7. The number of ketones is 3. The van der Waals surface area contributed by atoms with Crippen molar-refractivity contribution in [2.45, 2.75) is 34.6 Å². The Morgan fingerprint density at radius 3 is 1.22 bits per heavy atom. The zero-order valence-electron chi connectivity index (χ0n) is 18.8. The van der Waals surface area contributed by atoms with E-state index in [-0.39, 0.29) is 22.9 Å². The summed E-state index contributed by atoms with van der Waals surface area (Å²) in [6.07, 6.45) is 0. The van der Waals surface area contributed by atoms with E-state index in [4.69, 9.17) is 5.73 Å². The average molecular weight is 428 g/mol. The van der Waals surface area contributed by atoms with Gasteiger partial charge in [0.1, 0.15) is 0 Å². The van der Waals surface area contributed by atoms with Gasteiger partial charge in [-0.3, -0.25) is 19.2 Å². The highest BCUT2D eigenvalue weighted by molar-refractivity contribution is 6.09. The number of nitrogens with two attached hydrogens (primary N) is 1. The fourth-order valence-corrected chi connectivity index (χ4v) is 3.94. The van der Waals surface area contributed by atoms with E-state index in [0.29, 0.717) is 16.7 Å². The van der Waals surface area contributed by atoms with E-state index in [1.54, 1.807) is 24.3 Å². The number of amides is 1. The van der Waals surface area contributed by atoms with Gasteiger partial charge in [0, 0.05) is 16.7 Å². The summed E-state index contributed by atoms with van der Waals surface area (Å²) in [6, 6.07) is 14.6. The first-order chi connectivity index (χ1) is 15.0. The van der Waals surface area contributed by atoms with Crippen molar-refractivity contribution in [3.05, 3.63) is 81.9 Å². The van der Waals surface area contributed by atoms with E-state index in [2.05, 4.69) is 0 Å². The monoisotopic (exact) mass is 427 g/mol. The zero-order valence-corrected chi connectivity index (χ0v) is 18.8. The second kappa shape index (κ2) is 8.71. The molecule has 3 aromatic rings. The largest absolute Gasteiger partial charge is 0.366 e. The molecule has 0 aliphatic heterocycles. The molecule has 0 radical (unpaired) electrons. The number of hydrogen-bond donors (Lipinski definition) is 1. The average Bonchev–Trinajstić information content (AvgIpc) is 2.73. The molecule has 2 N–H and O–H groups in total. The smallest absolute Gasteiger partial charge is 0.249 e. The Bertz CT molecular complexity index is 1180. The lowest BCUT2D eigenvalue weighted by atomic mass is 9.89. The Morgan fingerprint density at radius 2 is 0.875 bits per heavy atom. The number of carbonyl (C=O) groups is 4. The number of primary amides is 1. The molecular formula is C27H25NO4. The van der Waals surface area contributed by atoms with Gasteiger partial charge in [-0.15, -0.1) is 0 Å². The molecule has 5 nitrogen and oxygen atoms in total. The van der Waals surface area contributed by atoms with Gasteiger partial charge in [0.15, 0.2) is 17.3 Å². The highest BCUT2D eigenvalue weighted by Crippen LogP contribution is 2.32. The second-order valence-electron chi connectivity index (χ2n) is 8.04. The van der Waals surface area contributed by atoms with Crippen molar-refractivity contribution in [1.29, 1.82) is 0 Å². The molecule has 0 heterocycles. The van der Waals surface area contributed by atoms with Crippen LogP contribution in [0.1, 0.15) is 73.3 Å². The van der Waals surface area contributed by atoms with E-state index >= 15 is 0 Å². The van der Waals surface area contributed by atoms with Crippen LogP contribution in [0.2, 0.25) is 0 Å². The molecule has 0 unspecified atom stereocenters. The number of benzene rings is 3. The summed E-state index contributed by atoms with van der Waals surface area (Å²) >= 11 is 0. The molecule has 32 heavy (non-hydrogen) atoms. The second-order valence-corrected chi connectivity index (χ2v) is 8.04. The molecule has 3 rings (SSSR count). The Labute approximate surface area is 187 Å². The minimum atomic E-state index is -0.647. The van der Waals surface area contributed by atoms with Crippen molar-refractivity contribution in [2.24, 2.45) is 5.73 Å². The van der Waals surface area contributed by atoms with Gasteiger partial charge in [0.25, 0.3) is 0 Å². The maximum absolute atomic E-state index is 12.1. The maximum Gasteiger partial charge on any atom is 0.249 e. The minimum absolute atomic E-state index is 0.144. The quantitative estimate of drug-likeness (QED) is 0.537. The summed E-state index contributed by atoms with van der Waals surface area (Å²) in [6.45, 7) is 8.10. The molecule has 1 amide bonds. The SMILES string of the molecule is CC(=O)c1cc(C)c(-c2ccc(-c3cc(C(N)=O)c(C(C)=O)cc3C)cc2)cc1C(C)=O. The number of carbonyl (C=O) groups excluding carboxylic acids is 4. The molecule has 0 spiro atoms. The van der Waals surface area contributed by atoms with Gasteiger partial charge in [0.05, 0.1) is 5.56 Å². The molecule has 0 bridgehead atoms. The van der Waals surface area contributed by atoms with Crippen LogP contribution in [0, 0.1) is 13.8 Å². The molecule has 3 aromatic carbocycles. The predicted molar refractivity (Wildman–Crippen MR) is 125 cm³/mol. The summed E-state index contributed by atoms with van der Waals surface area (Å²) in [5, 5.41) is 0. The molecule has 0 saturated heterocycles. The third kappa shape index (κ3) is 4.28. The van der Waals surface area contributed by atoms with Crippen LogP contribution in [-0.2, 0) is 0 Å². The van der Waals surface area contributed by atoms with E-state index in [0.717, 1.165) is 33.4 Å². The molecular weight excluding hydrogens is 402 g/mol. The molecule has 5 heteroatoms. The fraction of sp³-hybridized carbons (Fsp3) is 0.185. The first kappa shape index (κ1) is 22.8. The standard InChI is InChI=1S/C27H25NO4/c1-14-10-23(16(3)29)25(18(5)31)12-21(14)19-6-8-20(9-7-19)22-13-26(27(28)32)24(17(4)30)11-15(22)2/h6-13H,1-5H3,(H2,28,32). The normalized spacial score (nSPS) is 10.7. The summed E-state index contributed by atoms with van der Waals surface area (Å²) in [7, 11) is 0. The third-order valence-corrected chi connectivity index (χ3v) is 5.64. The number of Topliss-reactive ketones (excluding diaryl/α,β-unsaturated/α-hetero) is 3. The van der Waals surface area contributed by atoms with E-state index in [1.807, 2.05) is 38.1 Å². The van der Waals surface area contributed by atoms with Crippen LogP contribution >= 0.6 is 0 Å². The van der Waals surface area contributed by atoms with Crippen molar-refractivity contribution in [3.8, 4) is 22.3 Å². The van der Waals surface area contributed by atoms with Crippen molar-refractivity contribution < 1.29 is 19.2 Å². The molecule has 0 fully saturated rings. The van der Waals surface area contributed by atoms with Crippen molar-refractivity contribution in [3.63, 3.8) is 0 Å². The lowest BCUT2D eigenvalue weighted by Gasteiger charge is -2.14. The molecule has 0 saturated carbocycles. The third-order valence-electron chi connectivity index (χ3n) is 5.64. The Morgan fingerprint density at radius 1 is 0.562 bits per heavy atom. The van der Waals surface area contributed by atoms with Gasteiger partial charge in [-0.25, -0.2) is 0 Å². The lowest BCUT2D eigenvalue weighted by molar-refractivity contribution is 0.0973. The van der Waals surface area contributed by atoms with E-state index in [9.17, 15) is 19.2 Å². The van der Waals surface area contributed by atoms with Gasteiger partial charge in [-0.2, -0.15) is 0 Å². The van der Waals surface area contributed by atoms with Gasteiger partial charge < -0.3 is 5.73 Å². The van der Waals surface area contributed by atoms with Crippen LogP contribution in [0.3, 0.4) is 0 Å². The summed E-state index contributed by atoms with van der Waals surface area (Å²) in [5.41, 5.74) is 12.0. The van der Waals surface area contributed by atoms with Gasteiger partial charge in [0.2, 0.25) is 5.91 Å². The predicted octanol–water partition coefficient (Wildman–Crippen LogP) is 5.34. The van der Waals surface area contributed by atoms with Crippen LogP contribution in [0.4, 0.5) is 0 Å². The van der Waals surface area contributed by atoms with Gasteiger partial charge in [-0.1, -0.05) is 24.3 Å². The van der Waals surface area contributed by atoms with Crippen LogP contribution < -0.4 is 5.73 Å². The van der Waals surface area contributed by atoms with Crippen molar-refractivity contribution in [2.75, 3.05) is 0 Å². The Balaban J connectivity index is 2.10. The van der Waals surface area contributed by atoms with Gasteiger partial charge in [-0.05, 0) is 92.3 Å². The summed E-state index contributed by atoms with van der Waals surface area (Å²) in [4.78, 5) is 47.8. The number of rotatable bonds is 6. The number of hydrogen-bond acceptors (Lipinski definition) is 4. The molecule has 0 aliphatic carbocycles. The van der Waals surface area contributed by atoms with Crippen molar-refractivity contribution >= 4 is 23.3 Å². The maximum atomic E-state index is 12.1. The van der Waals surface area contributed by atoms with E-state index < -0.39 is 5.91 Å². The molecule has 0 aliphatic rings. The summed E-state index contributed by atoms with van der Waals surface area (Å²) in [5.74, 6) is -1.16. The van der Waals surface area contributed by atoms with Crippen LogP contribution in [0.25, 0.3) is 22.3 Å². The van der Waals surface area contributed by atoms with E-state index in [1.165, 1.54) is 20.8 Å². The Kier molecular flexibility index (Phi) is 6.21.